The molecule has 1 aromatic rings. The number of nitrogens with two attached hydrogens (primary N) is 1. The van der Waals surface area contributed by atoms with Crippen LogP contribution in [0.1, 0.15) is 24.8 Å². The molecule has 0 atom stereocenters. The van der Waals surface area contributed by atoms with Gasteiger partial charge in [-0.3, -0.25) is 4.99 Å². The molecule has 0 unspecified atom stereocenters. The normalized spacial score (nSPS) is 15.8. The Hall–Kier alpha value is -1.55. The van der Waals surface area contributed by atoms with Gasteiger partial charge in [0.2, 0.25) is 0 Å². The lowest BCUT2D eigenvalue weighted by Gasteiger charge is -2.16. The lowest BCUT2D eigenvalue weighted by atomic mass is 10.2. The number of hydrogen-bond acceptors (Lipinski definition) is 2. The lowest BCUT2D eigenvalue weighted by Crippen LogP contribution is -2.33. The second-order valence-electron chi connectivity index (χ2n) is 5.26. The van der Waals surface area contributed by atoms with Gasteiger partial charge in [0.15, 0.2) is 5.96 Å². The maximum absolute atomic E-state index is 5.78. The Labute approximate surface area is 115 Å². The highest BCUT2D eigenvalue weighted by molar-refractivity contribution is 5.78. The van der Waals surface area contributed by atoms with Crippen molar-refractivity contribution in [3.8, 4) is 0 Å². The second-order valence-corrected chi connectivity index (χ2v) is 5.26. The molecule has 19 heavy (non-hydrogen) atoms. The van der Waals surface area contributed by atoms with Gasteiger partial charge >= 0.3 is 0 Å². The van der Waals surface area contributed by atoms with E-state index in [9.17, 15) is 0 Å². The van der Waals surface area contributed by atoms with Crippen molar-refractivity contribution < 1.29 is 0 Å². The molecule has 1 aliphatic rings. The first-order valence-electron chi connectivity index (χ1n) is 7.03. The minimum Gasteiger partial charge on any atom is -0.370 e. The van der Waals surface area contributed by atoms with Crippen molar-refractivity contribution >= 4 is 5.96 Å². The molecule has 2 rings (SSSR count). The van der Waals surface area contributed by atoms with E-state index in [1.807, 2.05) is 6.07 Å². The third-order valence-electron chi connectivity index (χ3n) is 3.20. The monoisotopic (exact) mass is 260 g/mol. The van der Waals surface area contributed by atoms with Crippen molar-refractivity contribution in [2.45, 2.75) is 31.8 Å². The van der Waals surface area contributed by atoms with Gasteiger partial charge in [0.25, 0.3) is 0 Å². The van der Waals surface area contributed by atoms with E-state index in [1.54, 1.807) is 0 Å². The first kappa shape index (κ1) is 13.9. The lowest BCUT2D eigenvalue weighted by molar-refractivity contribution is 0.324. The third-order valence-corrected chi connectivity index (χ3v) is 3.20. The smallest absolute Gasteiger partial charge is 0.188 e. The van der Waals surface area contributed by atoms with Crippen molar-refractivity contribution in [3.05, 3.63) is 35.9 Å². The van der Waals surface area contributed by atoms with Crippen LogP contribution in [-0.4, -0.2) is 37.0 Å². The summed E-state index contributed by atoms with van der Waals surface area (Å²) in [6.07, 6.45) is 3.50. The van der Waals surface area contributed by atoms with E-state index < -0.39 is 0 Å². The van der Waals surface area contributed by atoms with Crippen LogP contribution in [0.2, 0.25) is 0 Å². The molecule has 0 bridgehead atoms. The SMILES string of the molecule is CN(CCCN=C(N)NC1CC1)Cc1ccccc1. The number of hydrogen-bond donors (Lipinski definition) is 2. The van der Waals surface area contributed by atoms with Crippen LogP contribution in [0, 0.1) is 0 Å². The summed E-state index contributed by atoms with van der Waals surface area (Å²) in [6.45, 7) is 2.82. The standard InChI is InChI=1S/C15H24N4/c1-19(12-13-6-3-2-4-7-13)11-5-10-17-15(16)18-14-8-9-14/h2-4,6-7,14H,5,8-12H2,1H3,(H3,16,17,18). The van der Waals surface area contributed by atoms with Gasteiger partial charge in [-0.1, -0.05) is 30.3 Å². The Kier molecular flexibility index (Phi) is 5.21. The molecule has 104 valence electrons. The molecule has 0 amide bonds. The van der Waals surface area contributed by atoms with E-state index in [0.29, 0.717) is 12.0 Å². The van der Waals surface area contributed by atoms with E-state index in [-0.39, 0.29) is 0 Å². The minimum absolute atomic E-state index is 0.588. The van der Waals surface area contributed by atoms with Crippen LogP contribution in [-0.2, 0) is 6.54 Å². The Bertz CT molecular complexity index is 398. The van der Waals surface area contributed by atoms with Gasteiger partial charge in [-0.05, 0) is 38.4 Å². The number of nitrogens with one attached hydrogen (secondary N) is 1. The highest BCUT2D eigenvalue weighted by atomic mass is 15.1. The molecule has 1 fully saturated rings. The zero-order chi connectivity index (χ0) is 13.5. The number of benzene rings is 1. The first-order valence-corrected chi connectivity index (χ1v) is 7.03. The molecule has 0 heterocycles. The Balaban J connectivity index is 1.59. The Morgan fingerprint density at radius 2 is 2.11 bits per heavy atom. The summed E-state index contributed by atoms with van der Waals surface area (Å²) >= 11 is 0. The topological polar surface area (TPSA) is 53.6 Å². The molecule has 0 radical (unpaired) electrons. The van der Waals surface area contributed by atoms with Crippen molar-refractivity contribution in [2.24, 2.45) is 10.7 Å². The van der Waals surface area contributed by atoms with Crippen molar-refractivity contribution in [2.75, 3.05) is 20.1 Å². The molecule has 0 aromatic heterocycles. The predicted octanol–water partition coefficient (Wildman–Crippen LogP) is 1.58. The van der Waals surface area contributed by atoms with Crippen molar-refractivity contribution in [3.63, 3.8) is 0 Å². The van der Waals surface area contributed by atoms with Gasteiger partial charge in [0, 0.05) is 19.1 Å². The van der Waals surface area contributed by atoms with Crippen LogP contribution in [0.25, 0.3) is 0 Å². The van der Waals surface area contributed by atoms with Crippen LogP contribution in [0.5, 0.6) is 0 Å². The summed E-state index contributed by atoms with van der Waals surface area (Å²) in [5, 5.41) is 3.20. The predicted molar refractivity (Wildman–Crippen MR) is 80.0 cm³/mol. The van der Waals surface area contributed by atoms with Gasteiger partial charge in [-0.2, -0.15) is 0 Å². The quantitative estimate of drug-likeness (QED) is 0.444. The molecule has 0 spiro atoms. The van der Waals surface area contributed by atoms with Crippen molar-refractivity contribution in [1.82, 2.24) is 10.2 Å². The molecule has 4 nitrogen and oxygen atoms in total. The van der Waals surface area contributed by atoms with Crippen LogP contribution >= 0.6 is 0 Å². The zero-order valence-electron chi connectivity index (χ0n) is 11.7. The average Bonchev–Trinajstić information content (AvgIpc) is 3.20. The van der Waals surface area contributed by atoms with Crippen LogP contribution in [0.4, 0.5) is 0 Å². The molecule has 0 aliphatic heterocycles. The summed E-state index contributed by atoms with van der Waals surface area (Å²) in [6, 6.07) is 11.1. The number of nitrogens with zero attached hydrogens (tertiary/aromatic N) is 2. The summed E-state index contributed by atoms with van der Waals surface area (Å²) in [4.78, 5) is 6.65. The van der Waals surface area contributed by atoms with Crippen LogP contribution < -0.4 is 11.1 Å². The van der Waals surface area contributed by atoms with Crippen molar-refractivity contribution in [1.29, 1.82) is 0 Å². The van der Waals surface area contributed by atoms with Crippen LogP contribution in [0.15, 0.2) is 35.3 Å². The fourth-order valence-corrected chi connectivity index (χ4v) is 2.00. The Morgan fingerprint density at radius 1 is 1.37 bits per heavy atom. The molecule has 1 saturated carbocycles. The first-order chi connectivity index (χ1) is 9.24. The maximum atomic E-state index is 5.78. The minimum atomic E-state index is 0.588. The molecular formula is C15H24N4. The largest absolute Gasteiger partial charge is 0.370 e. The average molecular weight is 260 g/mol. The second kappa shape index (κ2) is 7.14. The van der Waals surface area contributed by atoms with E-state index in [0.717, 1.165) is 26.1 Å². The number of rotatable bonds is 7. The molecule has 1 aromatic carbocycles. The summed E-state index contributed by atoms with van der Waals surface area (Å²) < 4.78 is 0. The van der Waals surface area contributed by atoms with Gasteiger partial charge in [0.1, 0.15) is 0 Å². The molecule has 4 heteroatoms. The van der Waals surface area contributed by atoms with Gasteiger partial charge in [-0.25, -0.2) is 0 Å². The number of aliphatic imine (C=N–C) groups is 1. The van der Waals surface area contributed by atoms with E-state index >= 15 is 0 Å². The summed E-state index contributed by atoms with van der Waals surface area (Å²) in [7, 11) is 2.14. The molecular weight excluding hydrogens is 236 g/mol. The fraction of sp³-hybridized carbons (Fsp3) is 0.533. The van der Waals surface area contributed by atoms with E-state index in [4.69, 9.17) is 5.73 Å². The summed E-state index contributed by atoms with van der Waals surface area (Å²) in [5.41, 5.74) is 7.13. The van der Waals surface area contributed by atoms with Gasteiger partial charge in [0.05, 0.1) is 0 Å². The van der Waals surface area contributed by atoms with Gasteiger partial charge in [-0.15, -0.1) is 0 Å². The maximum Gasteiger partial charge on any atom is 0.188 e. The van der Waals surface area contributed by atoms with Gasteiger partial charge < -0.3 is 16.0 Å². The Morgan fingerprint density at radius 3 is 2.79 bits per heavy atom. The third kappa shape index (κ3) is 5.75. The summed E-state index contributed by atoms with van der Waals surface area (Å²) in [5.74, 6) is 0.605. The highest BCUT2D eigenvalue weighted by Gasteiger charge is 2.21. The molecule has 3 N–H and O–H groups in total. The van der Waals surface area contributed by atoms with E-state index in [2.05, 4.69) is 46.5 Å². The molecule has 1 aliphatic carbocycles. The van der Waals surface area contributed by atoms with E-state index in [1.165, 1.54) is 18.4 Å². The highest BCUT2D eigenvalue weighted by Crippen LogP contribution is 2.17. The van der Waals surface area contributed by atoms with Crippen LogP contribution in [0.3, 0.4) is 0 Å². The zero-order valence-corrected chi connectivity index (χ0v) is 11.7. The number of guanidine groups is 1. The molecule has 0 saturated heterocycles. The fourth-order valence-electron chi connectivity index (χ4n) is 2.00.